The third kappa shape index (κ3) is 5.14. The van der Waals surface area contributed by atoms with Crippen molar-refractivity contribution in [1.29, 1.82) is 0 Å². The number of amides is 1. The molecule has 1 N–H and O–H groups in total. The Kier molecular flexibility index (Phi) is 6.17. The molecule has 0 unspecified atom stereocenters. The Balaban J connectivity index is 1.90. The van der Waals surface area contributed by atoms with Crippen LogP contribution >= 0.6 is 0 Å². The van der Waals surface area contributed by atoms with Gasteiger partial charge in [-0.3, -0.25) is 9.59 Å². The zero-order chi connectivity index (χ0) is 16.5. The smallest absolute Gasteiger partial charge is 0.262 e. The van der Waals surface area contributed by atoms with Crippen LogP contribution < -0.4 is 14.8 Å². The van der Waals surface area contributed by atoms with Crippen molar-refractivity contribution in [3.05, 3.63) is 54.1 Å². The molecule has 1 amide bonds. The van der Waals surface area contributed by atoms with Crippen LogP contribution in [0.5, 0.6) is 11.5 Å². The maximum atomic E-state index is 12.0. The van der Waals surface area contributed by atoms with E-state index in [2.05, 4.69) is 5.32 Å². The zero-order valence-corrected chi connectivity index (χ0v) is 13.0. The molecule has 120 valence electrons. The first-order chi connectivity index (χ1) is 11.2. The lowest BCUT2D eigenvalue weighted by Crippen LogP contribution is -2.20. The van der Waals surface area contributed by atoms with Gasteiger partial charge in [-0.15, -0.1) is 0 Å². The lowest BCUT2D eigenvalue weighted by molar-refractivity contribution is -0.118. The molecule has 0 aliphatic carbocycles. The van der Waals surface area contributed by atoms with Gasteiger partial charge in [-0.25, -0.2) is 0 Å². The molecular weight excluding hydrogens is 294 g/mol. The van der Waals surface area contributed by atoms with E-state index in [4.69, 9.17) is 9.47 Å². The molecule has 0 fully saturated rings. The van der Waals surface area contributed by atoms with Crippen molar-refractivity contribution in [2.75, 3.05) is 18.5 Å². The van der Waals surface area contributed by atoms with Gasteiger partial charge >= 0.3 is 0 Å². The molecular formula is C18H19NO4. The van der Waals surface area contributed by atoms with Crippen LogP contribution in [0.25, 0.3) is 0 Å². The predicted octanol–water partition coefficient (Wildman–Crippen LogP) is 3.31. The minimum absolute atomic E-state index is 0.122. The first-order valence-electron chi connectivity index (χ1n) is 7.42. The molecule has 2 aromatic rings. The van der Waals surface area contributed by atoms with Gasteiger partial charge in [0.25, 0.3) is 5.91 Å². The summed E-state index contributed by atoms with van der Waals surface area (Å²) in [6, 6.07) is 13.8. The van der Waals surface area contributed by atoms with Gasteiger partial charge in [0, 0.05) is 5.56 Å². The van der Waals surface area contributed by atoms with Crippen LogP contribution in [0.4, 0.5) is 5.69 Å². The number of aldehydes is 1. The molecule has 0 atom stereocenters. The average molecular weight is 313 g/mol. The van der Waals surface area contributed by atoms with Crippen molar-refractivity contribution in [2.24, 2.45) is 0 Å². The number of carbonyl (C=O) groups is 2. The molecule has 0 radical (unpaired) electrons. The quantitative estimate of drug-likeness (QED) is 0.759. The molecule has 5 nitrogen and oxygen atoms in total. The van der Waals surface area contributed by atoms with Crippen molar-refractivity contribution < 1.29 is 19.1 Å². The van der Waals surface area contributed by atoms with E-state index in [1.54, 1.807) is 30.3 Å². The van der Waals surface area contributed by atoms with Crippen molar-refractivity contribution in [3.63, 3.8) is 0 Å². The SMILES string of the molecule is CCCOc1ccccc1NC(=O)COc1ccc(C=O)cc1. The second-order valence-corrected chi connectivity index (χ2v) is 4.87. The zero-order valence-electron chi connectivity index (χ0n) is 13.0. The standard InChI is InChI=1S/C18H19NO4/c1-2-11-22-17-6-4-3-5-16(17)19-18(21)13-23-15-9-7-14(12-20)8-10-15/h3-10,12H,2,11,13H2,1H3,(H,19,21). The third-order valence-electron chi connectivity index (χ3n) is 3.01. The highest BCUT2D eigenvalue weighted by molar-refractivity contribution is 5.93. The van der Waals surface area contributed by atoms with Crippen LogP contribution in [-0.4, -0.2) is 25.4 Å². The number of hydrogen-bond acceptors (Lipinski definition) is 4. The number of nitrogens with one attached hydrogen (secondary N) is 1. The molecule has 2 aromatic carbocycles. The van der Waals surface area contributed by atoms with Crippen LogP contribution in [0.15, 0.2) is 48.5 Å². The van der Waals surface area contributed by atoms with Crippen LogP contribution in [-0.2, 0) is 4.79 Å². The van der Waals surface area contributed by atoms with Gasteiger partial charge in [0.2, 0.25) is 0 Å². The monoisotopic (exact) mass is 313 g/mol. The third-order valence-corrected chi connectivity index (χ3v) is 3.01. The number of ether oxygens (including phenoxy) is 2. The second-order valence-electron chi connectivity index (χ2n) is 4.87. The Bertz CT molecular complexity index is 652. The van der Waals surface area contributed by atoms with E-state index in [1.165, 1.54) is 0 Å². The van der Waals surface area contributed by atoms with Gasteiger partial charge in [0.05, 0.1) is 12.3 Å². The number of carbonyl (C=O) groups excluding carboxylic acids is 2. The van der Waals surface area contributed by atoms with Crippen molar-refractivity contribution in [2.45, 2.75) is 13.3 Å². The molecule has 0 aliphatic heterocycles. The molecule has 5 heteroatoms. The van der Waals surface area contributed by atoms with E-state index >= 15 is 0 Å². The fourth-order valence-electron chi connectivity index (χ4n) is 1.89. The summed E-state index contributed by atoms with van der Waals surface area (Å²) in [5.74, 6) is 0.885. The largest absolute Gasteiger partial charge is 0.491 e. The lowest BCUT2D eigenvalue weighted by atomic mass is 10.2. The Morgan fingerprint density at radius 2 is 1.83 bits per heavy atom. The van der Waals surface area contributed by atoms with E-state index in [-0.39, 0.29) is 12.5 Å². The highest BCUT2D eigenvalue weighted by Gasteiger charge is 2.08. The molecule has 23 heavy (non-hydrogen) atoms. The Morgan fingerprint density at radius 3 is 2.52 bits per heavy atom. The molecule has 2 rings (SSSR count). The summed E-state index contributed by atoms with van der Waals surface area (Å²) in [7, 11) is 0. The average Bonchev–Trinajstić information content (AvgIpc) is 2.59. The highest BCUT2D eigenvalue weighted by atomic mass is 16.5. The molecule has 0 heterocycles. The molecule has 0 aliphatic rings. The van der Waals surface area contributed by atoms with Crippen LogP contribution in [0.3, 0.4) is 0 Å². The summed E-state index contributed by atoms with van der Waals surface area (Å²) in [5, 5.41) is 2.77. The van der Waals surface area contributed by atoms with Crippen LogP contribution in [0.2, 0.25) is 0 Å². The molecule has 0 saturated heterocycles. The number of hydrogen-bond donors (Lipinski definition) is 1. The minimum Gasteiger partial charge on any atom is -0.491 e. The maximum Gasteiger partial charge on any atom is 0.262 e. The number of benzene rings is 2. The summed E-state index contributed by atoms with van der Waals surface area (Å²) in [5.41, 5.74) is 1.18. The van der Waals surface area contributed by atoms with E-state index < -0.39 is 0 Å². The van der Waals surface area contributed by atoms with Gasteiger partial charge in [-0.2, -0.15) is 0 Å². The number of anilines is 1. The maximum absolute atomic E-state index is 12.0. The van der Waals surface area contributed by atoms with E-state index in [9.17, 15) is 9.59 Å². The number of rotatable bonds is 8. The lowest BCUT2D eigenvalue weighted by Gasteiger charge is -2.12. The molecule has 0 saturated carbocycles. The van der Waals surface area contributed by atoms with Gasteiger partial charge < -0.3 is 14.8 Å². The normalized spacial score (nSPS) is 9.96. The Morgan fingerprint density at radius 1 is 1.09 bits per heavy atom. The summed E-state index contributed by atoms with van der Waals surface area (Å²) in [6.45, 7) is 2.49. The van der Waals surface area contributed by atoms with Crippen molar-refractivity contribution in [1.82, 2.24) is 0 Å². The van der Waals surface area contributed by atoms with Crippen molar-refractivity contribution >= 4 is 17.9 Å². The topological polar surface area (TPSA) is 64.6 Å². The summed E-state index contributed by atoms with van der Waals surface area (Å²) >= 11 is 0. The van der Waals surface area contributed by atoms with Gasteiger partial charge in [0.1, 0.15) is 17.8 Å². The van der Waals surface area contributed by atoms with Gasteiger partial charge in [-0.05, 0) is 42.8 Å². The van der Waals surface area contributed by atoms with Crippen LogP contribution in [0, 0.1) is 0 Å². The van der Waals surface area contributed by atoms with Gasteiger partial charge in [-0.1, -0.05) is 19.1 Å². The highest BCUT2D eigenvalue weighted by Crippen LogP contribution is 2.23. The van der Waals surface area contributed by atoms with Gasteiger partial charge in [0.15, 0.2) is 6.61 Å². The molecule has 0 bridgehead atoms. The summed E-state index contributed by atoms with van der Waals surface area (Å²) in [4.78, 5) is 22.6. The minimum atomic E-state index is -0.281. The first-order valence-corrected chi connectivity index (χ1v) is 7.42. The summed E-state index contributed by atoms with van der Waals surface area (Å²) < 4.78 is 11.0. The molecule has 0 aromatic heterocycles. The fraction of sp³-hybridized carbons (Fsp3) is 0.222. The molecule has 0 spiro atoms. The Hall–Kier alpha value is -2.82. The van der Waals surface area contributed by atoms with Crippen molar-refractivity contribution in [3.8, 4) is 11.5 Å². The van der Waals surface area contributed by atoms with Crippen LogP contribution in [0.1, 0.15) is 23.7 Å². The first kappa shape index (κ1) is 16.5. The van der Waals surface area contributed by atoms with E-state index in [0.29, 0.717) is 29.4 Å². The van der Waals surface area contributed by atoms with E-state index in [0.717, 1.165) is 12.7 Å². The summed E-state index contributed by atoms with van der Waals surface area (Å²) in [6.07, 6.45) is 1.64. The second kappa shape index (κ2) is 8.58. The number of para-hydroxylation sites is 2. The predicted molar refractivity (Wildman–Crippen MR) is 88.2 cm³/mol. The van der Waals surface area contributed by atoms with E-state index in [1.807, 2.05) is 25.1 Å². The fourth-order valence-corrected chi connectivity index (χ4v) is 1.89. The Labute approximate surface area is 135 Å².